The van der Waals surface area contributed by atoms with Gasteiger partial charge in [0.15, 0.2) is 5.84 Å². The van der Waals surface area contributed by atoms with Crippen molar-refractivity contribution in [2.75, 3.05) is 0 Å². The Balaban J connectivity index is 3.22. The average molecular weight is 157 g/mol. The van der Waals surface area contributed by atoms with Crippen molar-refractivity contribution in [3.63, 3.8) is 0 Å². The second kappa shape index (κ2) is 3.30. The van der Waals surface area contributed by atoms with Crippen LogP contribution < -0.4 is 5.46 Å². The first-order chi connectivity index (χ1) is 5.65. The maximum atomic E-state index is 7.31. The van der Waals surface area contributed by atoms with Crippen molar-refractivity contribution in [3.05, 3.63) is 29.3 Å². The monoisotopic (exact) mass is 157 g/mol. The van der Waals surface area contributed by atoms with E-state index in [1.54, 1.807) is 12.1 Å². The van der Waals surface area contributed by atoms with Crippen LogP contribution in [0.5, 0.6) is 0 Å². The molecule has 0 unspecified atom stereocenters. The molecule has 0 bridgehead atoms. The number of nitrogens with one attached hydrogen (secondary N) is 2. The highest BCUT2D eigenvalue weighted by Gasteiger charge is 2.02. The van der Waals surface area contributed by atoms with Crippen molar-refractivity contribution in [1.82, 2.24) is 0 Å². The second-order valence-corrected chi connectivity index (χ2v) is 2.53. The zero-order chi connectivity index (χ0) is 9.14. The molecule has 0 heterocycles. The maximum absolute atomic E-state index is 7.31. The highest BCUT2D eigenvalue weighted by atomic mass is 15.0. The molecule has 0 fully saturated rings. The van der Waals surface area contributed by atoms with E-state index in [4.69, 9.17) is 18.8 Å². The molecule has 0 aromatic heterocycles. The molecule has 0 amide bonds. The Bertz CT molecular complexity index is 333. The molecule has 0 spiro atoms. The summed E-state index contributed by atoms with van der Waals surface area (Å²) in [4.78, 5) is 0. The first kappa shape index (κ1) is 8.65. The first-order valence-corrected chi connectivity index (χ1v) is 3.47. The molecule has 3 nitrogen and oxygen atoms in total. The van der Waals surface area contributed by atoms with Gasteiger partial charge in [0.2, 0.25) is 0 Å². The molecule has 58 valence electrons. The summed E-state index contributed by atoms with van der Waals surface area (Å²) in [7, 11) is 5.52. The van der Waals surface area contributed by atoms with Crippen molar-refractivity contribution in [3.8, 4) is 0 Å². The van der Waals surface area contributed by atoms with E-state index in [0.717, 1.165) is 5.56 Å². The zero-order valence-corrected chi connectivity index (χ0v) is 6.76. The van der Waals surface area contributed by atoms with Crippen LogP contribution in [0.15, 0.2) is 23.3 Å². The third kappa shape index (κ3) is 1.58. The number of nitrogens with zero attached hydrogens (tertiary/aromatic N) is 1. The average Bonchev–Trinajstić information content (AvgIpc) is 2.08. The fourth-order valence-electron chi connectivity index (χ4n) is 0.955. The molecule has 0 saturated carbocycles. The standard InChI is InChI=1S/C8H8BN3/c1-5-2-3-6(9)4-7(5)8(10)12-11/h2-4,10-11H,1H3. The van der Waals surface area contributed by atoms with E-state index in [1.165, 1.54) is 0 Å². The van der Waals surface area contributed by atoms with Crippen LogP contribution in [0.3, 0.4) is 0 Å². The van der Waals surface area contributed by atoms with Crippen molar-refractivity contribution in [1.29, 1.82) is 10.9 Å². The maximum Gasteiger partial charge on any atom is 0.173 e. The lowest BCUT2D eigenvalue weighted by Gasteiger charge is -2.03. The minimum absolute atomic E-state index is 0.0557. The van der Waals surface area contributed by atoms with Crippen molar-refractivity contribution >= 4 is 19.1 Å². The SMILES string of the molecule is [B]c1ccc(C)c(C(=N)N=N)c1. The van der Waals surface area contributed by atoms with E-state index in [-0.39, 0.29) is 5.84 Å². The molecule has 1 aromatic carbocycles. The van der Waals surface area contributed by atoms with Gasteiger partial charge in [0.05, 0.1) is 0 Å². The minimum atomic E-state index is -0.0557. The number of hydrogen-bond acceptors (Lipinski definition) is 2. The largest absolute Gasteiger partial charge is 0.281 e. The summed E-state index contributed by atoms with van der Waals surface area (Å²) in [5, 5.41) is 10.3. The highest BCUT2D eigenvalue weighted by Crippen LogP contribution is 2.06. The van der Waals surface area contributed by atoms with Crippen LogP contribution in [0.4, 0.5) is 0 Å². The van der Waals surface area contributed by atoms with Gasteiger partial charge in [-0.05, 0) is 12.5 Å². The predicted molar refractivity (Wildman–Crippen MR) is 48.5 cm³/mol. The van der Waals surface area contributed by atoms with Crippen LogP contribution in [0.2, 0.25) is 0 Å². The number of aryl methyl sites for hydroxylation is 1. The number of hydrogen-bond donors (Lipinski definition) is 2. The summed E-state index contributed by atoms with van der Waals surface area (Å²) < 4.78 is 0. The lowest BCUT2D eigenvalue weighted by molar-refractivity contribution is 1.16. The molecule has 0 aliphatic carbocycles. The molecule has 1 aromatic rings. The van der Waals surface area contributed by atoms with Crippen LogP contribution in [0.25, 0.3) is 0 Å². The molecular weight excluding hydrogens is 149 g/mol. The van der Waals surface area contributed by atoms with Crippen LogP contribution in [-0.2, 0) is 0 Å². The Labute approximate surface area is 72.2 Å². The van der Waals surface area contributed by atoms with Gasteiger partial charge in [0.1, 0.15) is 7.85 Å². The molecule has 2 radical (unpaired) electrons. The molecular formula is C8H8BN3. The smallest absolute Gasteiger partial charge is 0.173 e. The predicted octanol–water partition coefficient (Wildman–Crippen LogP) is 1.15. The van der Waals surface area contributed by atoms with Crippen molar-refractivity contribution in [2.24, 2.45) is 5.11 Å². The Morgan fingerprint density at radius 2 is 2.17 bits per heavy atom. The third-order valence-electron chi connectivity index (χ3n) is 1.63. The zero-order valence-electron chi connectivity index (χ0n) is 6.76. The van der Waals surface area contributed by atoms with E-state index in [0.29, 0.717) is 11.0 Å². The summed E-state index contributed by atoms with van der Waals surface area (Å²) in [6, 6.07) is 5.22. The third-order valence-corrected chi connectivity index (χ3v) is 1.63. The molecule has 0 aliphatic heterocycles. The van der Waals surface area contributed by atoms with Gasteiger partial charge in [0.25, 0.3) is 0 Å². The van der Waals surface area contributed by atoms with Crippen molar-refractivity contribution < 1.29 is 0 Å². The molecule has 4 heteroatoms. The molecule has 0 saturated heterocycles. The first-order valence-electron chi connectivity index (χ1n) is 3.47. The Morgan fingerprint density at radius 3 is 2.75 bits per heavy atom. The highest BCUT2D eigenvalue weighted by molar-refractivity contribution is 6.32. The van der Waals surface area contributed by atoms with E-state index in [2.05, 4.69) is 5.11 Å². The van der Waals surface area contributed by atoms with Gasteiger partial charge in [-0.1, -0.05) is 23.7 Å². The summed E-state index contributed by atoms with van der Waals surface area (Å²) in [5.41, 5.74) is 8.78. The van der Waals surface area contributed by atoms with E-state index in [9.17, 15) is 0 Å². The van der Waals surface area contributed by atoms with Crippen LogP contribution in [0.1, 0.15) is 11.1 Å². The fraction of sp³-hybridized carbons (Fsp3) is 0.125. The quantitative estimate of drug-likeness (QED) is 0.266. The van der Waals surface area contributed by atoms with E-state index < -0.39 is 0 Å². The molecule has 0 atom stereocenters. The molecule has 1 rings (SSSR count). The van der Waals surface area contributed by atoms with Crippen molar-refractivity contribution in [2.45, 2.75) is 6.92 Å². The van der Waals surface area contributed by atoms with Crippen LogP contribution in [0, 0.1) is 17.9 Å². The van der Waals surface area contributed by atoms with E-state index in [1.807, 2.05) is 13.0 Å². The number of amidine groups is 1. The fourth-order valence-corrected chi connectivity index (χ4v) is 0.955. The normalized spacial score (nSPS) is 9.42. The molecule has 12 heavy (non-hydrogen) atoms. The van der Waals surface area contributed by atoms with Crippen LogP contribution in [-0.4, -0.2) is 13.7 Å². The second-order valence-electron chi connectivity index (χ2n) is 2.53. The van der Waals surface area contributed by atoms with E-state index >= 15 is 0 Å². The van der Waals surface area contributed by atoms with Gasteiger partial charge in [0, 0.05) is 5.56 Å². The number of rotatable bonds is 1. The van der Waals surface area contributed by atoms with Gasteiger partial charge < -0.3 is 0 Å². The lowest BCUT2D eigenvalue weighted by Crippen LogP contribution is -2.07. The van der Waals surface area contributed by atoms with Crippen LogP contribution >= 0.6 is 0 Å². The minimum Gasteiger partial charge on any atom is -0.281 e. The Hall–Kier alpha value is -1.45. The summed E-state index contributed by atoms with van der Waals surface area (Å²) in [6.07, 6.45) is 0. The number of benzene rings is 1. The Morgan fingerprint density at radius 1 is 1.50 bits per heavy atom. The topological polar surface area (TPSA) is 60.1 Å². The van der Waals surface area contributed by atoms with Gasteiger partial charge in [-0.2, -0.15) is 0 Å². The van der Waals surface area contributed by atoms with Gasteiger partial charge >= 0.3 is 0 Å². The Kier molecular flexibility index (Phi) is 2.38. The van der Waals surface area contributed by atoms with Gasteiger partial charge in [-0.15, -0.1) is 5.11 Å². The lowest BCUT2D eigenvalue weighted by atomic mass is 9.92. The van der Waals surface area contributed by atoms with Gasteiger partial charge in [-0.25, -0.2) is 5.53 Å². The summed E-state index contributed by atoms with van der Waals surface area (Å²) >= 11 is 0. The molecule has 2 N–H and O–H groups in total. The summed E-state index contributed by atoms with van der Waals surface area (Å²) in [6.45, 7) is 1.86. The molecule has 0 aliphatic rings. The van der Waals surface area contributed by atoms with Gasteiger partial charge in [-0.3, -0.25) is 5.41 Å². The summed E-state index contributed by atoms with van der Waals surface area (Å²) in [5.74, 6) is -0.0557.